The fourth-order valence-corrected chi connectivity index (χ4v) is 3.01. The number of methoxy groups -OCH3 is 1. The van der Waals surface area contributed by atoms with Crippen molar-refractivity contribution in [3.05, 3.63) is 29.8 Å². The first-order chi connectivity index (χ1) is 8.30. The Hall–Kier alpha value is -1.02. The smallest absolute Gasteiger partial charge is 0.118 e. The predicted molar refractivity (Wildman–Crippen MR) is 71.6 cm³/mol. The Balaban J connectivity index is 2.03. The van der Waals surface area contributed by atoms with Crippen LogP contribution in [0.5, 0.6) is 5.75 Å². The molecule has 0 aliphatic heterocycles. The molecule has 1 aliphatic carbocycles. The first-order valence-electron chi connectivity index (χ1n) is 6.67. The van der Waals surface area contributed by atoms with E-state index in [-0.39, 0.29) is 0 Å². The van der Waals surface area contributed by atoms with Gasteiger partial charge in [-0.25, -0.2) is 0 Å². The number of benzene rings is 1. The molecule has 94 valence electrons. The molecule has 0 spiro atoms. The van der Waals surface area contributed by atoms with Crippen LogP contribution in [-0.2, 0) is 0 Å². The quantitative estimate of drug-likeness (QED) is 0.843. The maximum atomic E-state index is 5.20. The maximum absolute atomic E-state index is 5.20. The van der Waals surface area contributed by atoms with Crippen LogP contribution in [-0.4, -0.2) is 19.7 Å². The Kier molecular flexibility index (Phi) is 4.06. The van der Waals surface area contributed by atoms with Crippen molar-refractivity contribution in [2.75, 3.05) is 13.7 Å². The third-order valence-electron chi connectivity index (χ3n) is 4.02. The molecule has 1 aliphatic rings. The van der Waals surface area contributed by atoms with Crippen molar-refractivity contribution in [2.45, 2.75) is 38.6 Å². The Labute approximate surface area is 104 Å². The highest BCUT2D eigenvalue weighted by molar-refractivity contribution is 5.31. The Bertz CT molecular complexity index is 346. The third kappa shape index (κ3) is 2.47. The molecular weight excluding hydrogens is 210 g/mol. The lowest BCUT2D eigenvalue weighted by atomic mass is 9.65. The molecule has 0 saturated heterocycles. The van der Waals surface area contributed by atoms with Gasteiger partial charge in [-0.1, -0.05) is 32.4 Å². The summed E-state index contributed by atoms with van der Waals surface area (Å²) in [6.45, 7) is 5.56. The van der Waals surface area contributed by atoms with Crippen LogP contribution in [0.25, 0.3) is 0 Å². The summed E-state index contributed by atoms with van der Waals surface area (Å²) in [5.41, 5.74) is 1.46. The molecule has 17 heavy (non-hydrogen) atoms. The number of hydrogen-bond donors (Lipinski definition) is 1. The van der Waals surface area contributed by atoms with Crippen molar-refractivity contribution in [2.24, 2.45) is 5.92 Å². The molecule has 1 aromatic rings. The molecule has 0 radical (unpaired) electrons. The van der Waals surface area contributed by atoms with Crippen LogP contribution in [0.1, 0.15) is 38.2 Å². The number of hydrogen-bond acceptors (Lipinski definition) is 2. The summed E-state index contributed by atoms with van der Waals surface area (Å²) in [5, 5.41) is 3.58. The van der Waals surface area contributed by atoms with Gasteiger partial charge < -0.3 is 10.1 Å². The summed E-state index contributed by atoms with van der Waals surface area (Å²) in [5.74, 6) is 2.47. The van der Waals surface area contributed by atoms with Crippen LogP contribution < -0.4 is 10.1 Å². The molecule has 2 nitrogen and oxygen atoms in total. The van der Waals surface area contributed by atoms with Crippen LogP contribution in [0.4, 0.5) is 0 Å². The second-order valence-electron chi connectivity index (χ2n) is 4.85. The molecule has 0 bridgehead atoms. The van der Waals surface area contributed by atoms with E-state index < -0.39 is 0 Å². The monoisotopic (exact) mass is 233 g/mol. The molecular formula is C15H23NO. The van der Waals surface area contributed by atoms with E-state index in [1.165, 1.54) is 18.4 Å². The number of ether oxygens (including phenoxy) is 1. The minimum Gasteiger partial charge on any atom is -0.497 e. The molecule has 0 heterocycles. The van der Waals surface area contributed by atoms with Gasteiger partial charge in [0, 0.05) is 6.04 Å². The van der Waals surface area contributed by atoms with E-state index >= 15 is 0 Å². The number of nitrogens with one attached hydrogen (secondary N) is 1. The Morgan fingerprint density at radius 1 is 1.24 bits per heavy atom. The number of rotatable bonds is 5. The molecule has 1 fully saturated rings. The molecule has 1 saturated carbocycles. The van der Waals surface area contributed by atoms with Gasteiger partial charge in [0.2, 0.25) is 0 Å². The minimum absolute atomic E-state index is 0.720. The molecule has 0 amide bonds. The summed E-state index contributed by atoms with van der Waals surface area (Å²) in [6.07, 6.45) is 2.53. The lowest BCUT2D eigenvalue weighted by molar-refractivity contribution is 0.163. The summed E-state index contributed by atoms with van der Waals surface area (Å²) < 4.78 is 5.20. The SMILES string of the molecule is CCNC1CC(c2ccc(OC)cc2)C1CC. The predicted octanol–water partition coefficient (Wildman–Crippen LogP) is 3.19. The van der Waals surface area contributed by atoms with Crippen LogP contribution in [0.2, 0.25) is 0 Å². The van der Waals surface area contributed by atoms with Gasteiger partial charge >= 0.3 is 0 Å². The molecule has 2 heteroatoms. The van der Waals surface area contributed by atoms with Gasteiger partial charge in [-0.15, -0.1) is 0 Å². The van der Waals surface area contributed by atoms with E-state index in [1.807, 2.05) is 0 Å². The van der Waals surface area contributed by atoms with Crippen molar-refractivity contribution >= 4 is 0 Å². The normalized spacial score (nSPS) is 27.6. The van der Waals surface area contributed by atoms with E-state index in [9.17, 15) is 0 Å². The topological polar surface area (TPSA) is 21.3 Å². The third-order valence-corrected chi connectivity index (χ3v) is 4.02. The lowest BCUT2D eigenvalue weighted by Crippen LogP contribution is -2.48. The highest BCUT2D eigenvalue weighted by Gasteiger charge is 2.39. The standard InChI is InChI=1S/C15H23NO/c1-4-13-14(10-15(13)16-5-2)11-6-8-12(17-3)9-7-11/h6-9,13-16H,4-5,10H2,1-3H3. The first-order valence-corrected chi connectivity index (χ1v) is 6.67. The minimum atomic E-state index is 0.720. The molecule has 2 rings (SSSR count). The van der Waals surface area contributed by atoms with Gasteiger partial charge in [-0.3, -0.25) is 0 Å². The average molecular weight is 233 g/mol. The van der Waals surface area contributed by atoms with Gasteiger partial charge in [-0.2, -0.15) is 0 Å². The summed E-state index contributed by atoms with van der Waals surface area (Å²) >= 11 is 0. The van der Waals surface area contributed by atoms with E-state index in [0.717, 1.165) is 30.2 Å². The molecule has 1 aromatic carbocycles. The van der Waals surface area contributed by atoms with Crippen molar-refractivity contribution in [3.8, 4) is 5.75 Å². The van der Waals surface area contributed by atoms with Crippen LogP contribution in [0.15, 0.2) is 24.3 Å². The fourth-order valence-electron chi connectivity index (χ4n) is 3.01. The lowest BCUT2D eigenvalue weighted by Gasteiger charge is -2.45. The van der Waals surface area contributed by atoms with Crippen molar-refractivity contribution in [3.63, 3.8) is 0 Å². The first kappa shape index (κ1) is 12.4. The van der Waals surface area contributed by atoms with E-state index in [0.29, 0.717) is 0 Å². The Morgan fingerprint density at radius 3 is 2.47 bits per heavy atom. The average Bonchev–Trinajstić information content (AvgIpc) is 2.35. The fraction of sp³-hybridized carbons (Fsp3) is 0.600. The van der Waals surface area contributed by atoms with Crippen LogP contribution in [0.3, 0.4) is 0 Å². The zero-order valence-electron chi connectivity index (χ0n) is 11.1. The highest BCUT2D eigenvalue weighted by atomic mass is 16.5. The van der Waals surface area contributed by atoms with E-state index in [1.54, 1.807) is 7.11 Å². The summed E-state index contributed by atoms with van der Waals surface area (Å²) in [7, 11) is 1.72. The summed E-state index contributed by atoms with van der Waals surface area (Å²) in [4.78, 5) is 0. The van der Waals surface area contributed by atoms with Gasteiger partial charge in [0.25, 0.3) is 0 Å². The summed E-state index contributed by atoms with van der Waals surface area (Å²) in [6, 6.07) is 9.30. The second kappa shape index (κ2) is 5.54. The van der Waals surface area contributed by atoms with Gasteiger partial charge in [0.1, 0.15) is 5.75 Å². The zero-order valence-corrected chi connectivity index (χ0v) is 11.1. The van der Waals surface area contributed by atoms with Crippen molar-refractivity contribution in [1.82, 2.24) is 5.32 Å². The van der Waals surface area contributed by atoms with Crippen LogP contribution in [0, 0.1) is 5.92 Å². The molecule has 3 unspecified atom stereocenters. The van der Waals surface area contributed by atoms with Crippen LogP contribution >= 0.6 is 0 Å². The molecule has 0 aromatic heterocycles. The van der Waals surface area contributed by atoms with Crippen molar-refractivity contribution < 1.29 is 4.74 Å². The maximum Gasteiger partial charge on any atom is 0.118 e. The van der Waals surface area contributed by atoms with Gasteiger partial charge in [0.15, 0.2) is 0 Å². The highest BCUT2D eigenvalue weighted by Crippen LogP contribution is 2.44. The Morgan fingerprint density at radius 2 is 1.94 bits per heavy atom. The largest absolute Gasteiger partial charge is 0.497 e. The second-order valence-corrected chi connectivity index (χ2v) is 4.85. The molecule has 3 atom stereocenters. The van der Waals surface area contributed by atoms with Gasteiger partial charge in [0.05, 0.1) is 7.11 Å². The molecule has 1 N–H and O–H groups in total. The zero-order chi connectivity index (χ0) is 12.3. The van der Waals surface area contributed by atoms with Crippen molar-refractivity contribution in [1.29, 1.82) is 0 Å². The van der Waals surface area contributed by atoms with Gasteiger partial charge in [-0.05, 0) is 42.5 Å². The van der Waals surface area contributed by atoms with E-state index in [2.05, 4.69) is 43.4 Å². The van der Waals surface area contributed by atoms with E-state index in [4.69, 9.17) is 4.74 Å².